The number of nitrogens with zero attached hydrogens (tertiary/aromatic N) is 2. The Morgan fingerprint density at radius 2 is 1.59 bits per heavy atom. The summed E-state index contributed by atoms with van der Waals surface area (Å²) in [4.78, 5) is 9.16. The van der Waals surface area contributed by atoms with Crippen LogP contribution >= 0.6 is 11.6 Å². The molecule has 0 unspecified atom stereocenters. The maximum absolute atomic E-state index is 6.26. The first-order valence-electron chi connectivity index (χ1n) is 6.27. The second kappa shape index (κ2) is 4.61. The molecule has 0 saturated heterocycles. The highest BCUT2D eigenvalue weighted by molar-refractivity contribution is 6.30. The Morgan fingerprint density at radius 1 is 0.941 bits per heavy atom. The molecule has 0 amide bonds. The Labute approximate surface area is 106 Å². The first-order chi connectivity index (χ1) is 8.34. The van der Waals surface area contributed by atoms with Crippen LogP contribution in [0.1, 0.15) is 43.7 Å². The van der Waals surface area contributed by atoms with Gasteiger partial charge in [0, 0.05) is 5.92 Å². The maximum atomic E-state index is 6.26. The number of fused-ring (bicyclic) bond motifs is 1. The molecule has 1 aromatic heterocycles. The summed E-state index contributed by atoms with van der Waals surface area (Å²) in [6.45, 7) is 0. The predicted octanol–water partition coefficient (Wildman–Crippen LogP) is 4.33. The van der Waals surface area contributed by atoms with Gasteiger partial charge in [-0.2, -0.15) is 0 Å². The van der Waals surface area contributed by atoms with E-state index in [2.05, 4.69) is 4.98 Å². The van der Waals surface area contributed by atoms with E-state index >= 15 is 0 Å². The molecule has 1 heterocycles. The fourth-order valence-electron chi connectivity index (χ4n) is 2.63. The first-order valence-corrected chi connectivity index (χ1v) is 6.64. The van der Waals surface area contributed by atoms with Gasteiger partial charge in [-0.25, -0.2) is 9.97 Å². The van der Waals surface area contributed by atoms with Crippen molar-refractivity contribution in [1.82, 2.24) is 9.97 Å². The molecule has 3 heteroatoms. The van der Waals surface area contributed by atoms with Gasteiger partial charge in [0.15, 0.2) is 5.15 Å². The molecular formula is C14H15ClN2. The molecule has 1 saturated carbocycles. The summed E-state index contributed by atoms with van der Waals surface area (Å²) in [5.74, 6) is 0.508. The topological polar surface area (TPSA) is 25.8 Å². The lowest BCUT2D eigenvalue weighted by Gasteiger charge is -2.21. The van der Waals surface area contributed by atoms with Crippen LogP contribution < -0.4 is 0 Å². The van der Waals surface area contributed by atoms with E-state index in [1.54, 1.807) is 0 Å². The van der Waals surface area contributed by atoms with Crippen molar-refractivity contribution in [3.63, 3.8) is 0 Å². The van der Waals surface area contributed by atoms with Gasteiger partial charge in [0.1, 0.15) is 0 Å². The van der Waals surface area contributed by atoms with E-state index in [-0.39, 0.29) is 0 Å². The number of rotatable bonds is 1. The van der Waals surface area contributed by atoms with Crippen molar-refractivity contribution in [3.8, 4) is 0 Å². The largest absolute Gasteiger partial charge is 0.248 e. The summed E-state index contributed by atoms with van der Waals surface area (Å²) >= 11 is 6.26. The third-order valence-corrected chi connectivity index (χ3v) is 3.82. The minimum Gasteiger partial charge on any atom is -0.248 e. The van der Waals surface area contributed by atoms with E-state index < -0.39 is 0 Å². The summed E-state index contributed by atoms with van der Waals surface area (Å²) in [5.41, 5.74) is 2.85. The van der Waals surface area contributed by atoms with Crippen molar-refractivity contribution in [1.29, 1.82) is 0 Å². The van der Waals surface area contributed by atoms with Crippen LogP contribution in [0.3, 0.4) is 0 Å². The Bertz CT molecular complexity index is 533. The van der Waals surface area contributed by atoms with E-state index in [1.807, 2.05) is 24.3 Å². The monoisotopic (exact) mass is 246 g/mol. The van der Waals surface area contributed by atoms with E-state index in [4.69, 9.17) is 16.6 Å². The van der Waals surface area contributed by atoms with E-state index in [0.717, 1.165) is 16.7 Å². The van der Waals surface area contributed by atoms with Crippen molar-refractivity contribution >= 4 is 22.6 Å². The highest BCUT2D eigenvalue weighted by atomic mass is 35.5. The van der Waals surface area contributed by atoms with Gasteiger partial charge in [0.25, 0.3) is 0 Å². The van der Waals surface area contributed by atoms with Gasteiger partial charge in [-0.05, 0) is 25.0 Å². The molecule has 0 aliphatic heterocycles. The predicted molar refractivity (Wildman–Crippen MR) is 70.4 cm³/mol. The van der Waals surface area contributed by atoms with Crippen LogP contribution in [0.4, 0.5) is 0 Å². The van der Waals surface area contributed by atoms with Crippen LogP contribution in [-0.4, -0.2) is 9.97 Å². The third kappa shape index (κ3) is 2.14. The second-order valence-electron chi connectivity index (χ2n) is 4.72. The highest BCUT2D eigenvalue weighted by Gasteiger charge is 2.20. The molecule has 0 N–H and O–H groups in total. The fraction of sp³-hybridized carbons (Fsp3) is 0.429. The zero-order valence-electron chi connectivity index (χ0n) is 9.69. The van der Waals surface area contributed by atoms with Gasteiger partial charge in [0.2, 0.25) is 0 Å². The van der Waals surface area contributed by atoms with E-state index in [0.29, 0.717) is 11.1 Å². The zero-order valence-corrected chi connectivity index (χ0v) is 10.5. The van der Waals surface area contributed by atoms with Crippen LogP contribution in [0.25, 0.3) is 11.0 Å². The van der Waals surface area contributed by atoms with E-state index in [1.165, 1.54) is 32.1 Å². The maximum Gasteiger partial charge on any atom is 0.151 e. The summed E-state index contributed by atoms with van der Waals surface area (Å²) in [6, 6.07) is 7.92. The molecule has 1 aromatic carbocycles. The Balaban J connectivity index is 2.06. The van der Waals surface area contributed by atoms with Crippen LogP contribution in [0.15, 0.2) is 24.3 Å². The van der Waals surface area contributed by atoms with Crippen molar-refractivity contribution in [3.05, 3.63) is 35.1 Å². The molecule has 17 heavy (non-hydrogen) atoms. The quantitative estimate of drug-likeness (QED) is 0.748. The Hall–Kier alpha value is -1.15. The molecule has 0 spiro atoms. The number of hydrogen-bond acceptors (Lipinski definition) is 2. The van der Waals surface area contributed by atoms with Crippen LogP contribution in [0.2, 0.25) is 5.15 Å². The molecule has 0 bridgehead atoms. The first kappa shape index (κ1) is 11.0. The summed E-state index contributed by atoms with van der Waals surface area (Å²) < 4.78 is 0. The summed E-state index contributed by atoms with van der Waals surface area (Å²) in [7, 11) is 0. The van der Waals surface area contributed by atoms with Gasteiger partial charge in [-0.15, -0.1) is 0 Å². The van der Waals surface area contributed by atoms with Gasteiger partial charge < -0.3 is 0 Å². The van der Waals surface area contributed by atoms with Gasteiger partial charge >= 0.3 is 0 Å². The van der Waals surface area contributed by atoms with Crippen LogP contribution in [0, 0.1) is 0 Å². The minimum absolute atomic E-state index is 0.508. The molecule has 0 atom stereocenters. The fourth-order valence-corrected chi connectivity index (χ4v) is 2.92. The van der Waals surface area contributed by atoms with Crippen molar-refractivity contribution in [2.75, 3.05) is 0 Å². The van der Waals surface area contributed by atoms with Gasteiger partial charge in [0.05, 0.1) is 16.7 Å². The van der Waals surface area contributed by atoms with Crippen molar-refractivity contribution in [2.45, 2.75) is 38.0 Å². The zero-order chi connectivity index (χ0) is 11.7. The average molecular weight is 247 g/mol. The Morgan fingerprint density at radius 3 is 2.29 bits per heavy atom. The average Bonchev–Trinajstić information content (AvgIpc) is 2.39. The van der Waals surface area contributed by atoms with Crippen LogP contribution in [-0.2, 0) is 0 Å². The molecule has 1 aliphatic carbocycles. The van der Waals surface area contributed by atoms with Crippen molar-refractivity contribution < 1.29 is 0 Å². The number of halogens is 1. The second-order valence-corrected chi connectivity index (χ2v) is 5.08. The molecular weight excluding hydrogens is 232 g/mol. The molecule has 1 aliphatic rings. The molecule has 3 rings (SSSR count). The highest BCUT2D eigenvalue weighted by Crippen LogP contribution is 2.35. The minimum atomic E-state index is 0.508. The third-order valence-electron chi connectivity index (χ3n) is 3.54. The molecule has 88 valence electrons. The molecule has 2 aromatic rings. The number of hydrogen-bond donors (Lipinski definition) is 0. The normalized spacial score (nSPS) is 17.5. The van der Waals surface area contributed by atoms with Gasteiger partial charge in [-0.3, -0.25) is 0 Å². The number of para-hydroxylation sites is 2. The van der Waals surface area contributed by atoms with E-state index in [9.17, 15) is 0 Å². The van der Waals surface area contributed by atoms with Gasteiger partial charge in [-0.1, -0.05) is 43.0 Å². The molecule has 0 radical (unpaired) electrons. The Kier molecular flexibility index (Phi) is 2.98. The summed E-state index contributed by atoms with van der Waals surface area (Å²) in [5, 5.41) is 0.593. The van der Waals surface area contributed by atoms with Crippen molar-refractivity contribution in [2.24, 2.45) is 0 Å². The smallest absolute Gasteiger partial charge is 0.151 e. The molecule has 1 fully saturated rings. The lowest BCUT2D eigenvalue weighted by atomic mass is 9.87. The summed E-state index contributed by atoms with van der Waals surface area (Å²) in [6.07, 6.45) is 6.32. The lowest BCUT2D eigenvalue weighted by molar-refractivity contribution is 0.437. The van der Waals surface area contributed by atoms with Crippen LogP contribution in [0.5, 0.6) is 0 Å². The standard InChI is InChI=1S/C14H15ClN2/c15-14-13(10-6-2-1-3-7-10)16-11-8-4-5-9-12(11)17-14/h4-5,8-10H,1-3,6-7H2. The lowest BCUT2D eigenvalue weighted by Crippen LogP contribution is -2.08. The number of aromatic nitrogens is 2. The number of benzene rings is 1. The molecule has 2 nitrogen and oxygen atoms in total. The SMILES string of the molecule is Clc1nc2ccccc2nc1C1CCCCC1.